The van der Waals surface area contributed by atoms with Gasteiger partial charge in [-0.2, -0.15) is 0 Å². The SMILES string of the molecule is CN(C)CCCNc1ccc(NC=C2C(=O)Nc3cccc(F)c32)cc1F. The number of fused-ring (bicyclic) bond motifs is 1. The van der Waals surface area contributed by atoms with Crippen molar-refractivity contribution in [3.63, 3.8) is 0 Å². The summed E-state index contributed by atoms with van der Waals surface area (Å²) in [6, 6.07) is 9.13. The summed E-state index contributed by atoms with van der Waals surface area (Å²) >= 11 is 0. The normalized spacial score (nSPS) is 14.4. The zero-order chi connectivity index (χ0) is 19.4. The molecule has 3 N–H and O–H groups in total. The number of benzene rings is 2. The van der Waals surface area contributed by atoms with Crippen LogP contribution in [0.1, 0.15) is 12.0 Å². The molecule has 1 aliphatic heterocycles. The highest BCUT2D eigenvalue weighted by atomic mass is 19.1. The minimum Gasteiger partial charge on any atom is -0.383 e. The van der Waals surface area contributed by atoms with Crippen LogP contribution in [0.15, 0.2) is 42.6 Å². The number of nitrogens with one attached hydrogen (secondary N) is 3. The van der Waals surface area contributed by atoms with Gasteiger partial charge in [0.15, 0.2) is 0 Å². The average Bonchev–Trinajstić information content (AvgIpc) is 2.94. The standard InChI is InChI=1S/C20H22F2N4O/c1-26(2)10-4-9-23-17-8-7-13(11-16(17)22)24-12-14-19-15(21)5-3-6-18(19)25-20(14)27/h3,5-8,11-12,23-24H,4,9-10H2,1-2H3,(H,25,27). The summed E-state index contributed by atoms with van der Waals surface area (Å²) in [7, 11) is 3.98. The van der Waals surface area contributed by atoms with E-state index in [1.54, 1.807) is 18.2 Å². The van der Waals surface area contributed by atoms with Gasteiger partial charge < -0.3 is 20.9 Å². The maximum absolute atomic E-state index is 14.2. The predicted molar refractivity (Wildman–Crippen MR) is 105 cm³/mol. The minimum absolute atomic E-state index is 0.175. The molecule has 1 aliphatic rings. The fourth-order valence-electron chi connectivity index (χ4n) is 2.87. The Morgan fingerprint density at radius 1 is 1.15 bits per heavy atom. The van der Waals surface area contributed by atoms with Crippen LogP contribution in [0.5, 0.6) is 0 Å². The van der Waals surface area contributed by atoms with Gasteiger partial charge in [0.1, 0.15) is 11.6 Å². The van der Waals surface area contributed by atoms with E-state index in [1.165, 1.54) is 24.4 Å². The third-order valence-corrected chi connectivity index (χ3v) is 4.23. The molecule has 27 heavy (non-hydrogen) atoms. The van der Waals surface area contributed by atoms with Crippen LogP contribution >= 0.6 is 0 Å². The number of nitrogens with zero attached hydrogens (tertiary/aromatic N) is 1. The van der Waals surface area contributed by atoms with Crippen molar-refractivity contribution in [2.45, 2.75) is 6.42 Å². The molecule has 3 rings (SSSR count). The molecule has 1 heterocycles. The predicted octanol–water partition coefficient (Wildman–Crippen LogP) is 3.73. The second-order valence-electron chi connectivity index (χ2n) is 6.60. The summed E-state index contributed by atoms with van der Waals surface area (Å²) < 4.78 is 28.3. The summed E-state index contributed by atoms with van der Waals surface area (Å²) in [5.74, 6) is -1.28. The van der Waals surface area contributed by atoms with Gasteiger partial charge in [-0.15, -0.1) is 0 Å². The Balaban J connectivity index is 1.68. The summed E-state index contributed by atoms with van der Waals surface area (Å²) in [5.41, 5.74) is 1.71. The van der Waals surface area contributed by atoms with Gasteiger partial charge in [0.25, 0.3) is 5.91 Å². The van der Waals surface area contributed by atoms with Gasteiger partial charge in [0.2, 0.25) is 0 Å². The second-order valence-corrected chi connectivity index (χ2v) is 6.60. The van der Waals surface area contributed by atoms with Gasteiger partial charge in [-0.3, -0.25) is 4.79 Å². The van der Waals surface area contributed by atoms with E-state index in [-0.39, 0.29) is 11.1 Å². The Morgan fingerprint density at radius 2 is 1.96 bits per heavy atom. The highest BCUT2D eigenvalue weighted by Gasteiger charge is 2.27. The van der Waals surface area contributed by atoms with Crippen molar-refractivity contribution in [1.82, 2.24) is 4.90 Å². The van der Waals surface area contributed by atoms with E-state index in [0.717, 1.165) is 13.0 Å². The Bertz CT molecular complexity index is 880. The average molecular weight is 372 g/mol. The highest BCUT2D eigenvalue weighted by Crippen LogP contribution is 2.33. The Kier molecular flexibility index (Phi) is 5.71. The van der Waals surface area contributed by atoms with Crippen LogP contribution in [0, 0.1) is 11.6 Å². The maximum Gasteiger partial charge on any atom is 0.257 e. The van der Waals surface area contributed by atoms with Crippen molar-refractivity contribution in [1.29, 1.82) is 0 Å². The van der Waals surface area contributed by atoms with Gasteiger partial charge >= 0.3 is 0 Å². The topological polar surface area (TPSA) is 56.4 Å². The zero-order valence-corrected chi connectivity index (χ0v) is 15.3. The first-order chi connectivity index (χ1) is 13.0. The first-order valence-corrected chi connectivity index (χ1v) is 8.71. The van der Waals surface area contributed by atoms with Gasteiger partial charge in [-0.05, 0) is 57.4 Å². The summed E-state index contributed by atoms with van der Waals surface area (Å²) in [4.78, 5) is 14.1. The fourth-order valence-corrected chi connectivity index (χ4v) is 2.87. The quantitative estimate of drug-likeness (QED) is 0.512. The van der Waals surface area contributed by atoms with E-state index >= 15 is 0 Å². The van der Waals surface area contributed by atoms with Gasteiger partial charge in [-0.1, -0.05) is 6.07 Å². The summed E-state index contributed by atoms with van der Waals surface area (Å²) in [6.45, 7) is 1.59. The molecular formula is C20H22F2N4O. The molecule has 1 amide bonds. The molecule has 5 nitrogen and oxygen atoms in total. The van der Waals surface area contributed by atoms with Crippen LogP contribution in [0.3, 0.4) is 0 Å². The molecule has 0 spiro atoms. The van der Waals surface area contributed by atoms with Crippen LogP contribution in [0.4, 0.5) is 25.8 Å². The summed E-state index contributed by atoms with van der Waals surface area (Å²) in [6.07, 6.45) is 2.29. The largest absolute Gasteiger partial charge is 0.383 e. The van der Waals surface area contributed by atoms with Crippen LogP contribution in [-0.4, -0.2) is 38.0 Å². The van der Waals surface area contributed by atoms with Crippen LogP contribution < -0.4 is 16.0 Å². The van der Waals surface area contributed by atoms with Gasteiger partial charge in [-0.25, -0.2) is 8.78 Å². The van der Waals surface area contributed by atoms with Crippen molar-refractivity contribution in [2.75, 3.05) is 43.1 Å². The van der Waals surface area contributed by atoms with Crippen molar-refractivity contribution in [3.05, 3.63) is 59.8 Å². The van der Waals surface area contributed by atoms with E-state index in [9.17, 15) is 13.6 Å². The number of anilines is 3. The Morgan fingerprint density at radius 3 is 2.70 bits per heavy atom. The lowest BCUT2D eigenvalue weighted by Crippen LogP contribution is -2.16. The molecule has 0 radical (unpaired) electrons. The molecule has 2 aromatic rings. The van der Waals surface area contributed by atoms with Gasteiger partial charge in [0, 0.05) is 24.0 Å². The zero-order valence-electron chi connectivity index (χ0n) is 15.3. The number of amides is 1. The molecule has 0 atom stereocenters. The van der Waals surface area contributed by atoms with E-state index in [4.69, 9.17) is 0 Å². The molecule has 0 saturated heterocycles. The van der Waals surface area contributed by atoms with Crippen LogP contribution in [0.25, 0.3) is 5.57 Å². The van der Waals surface area contributed by atoms with Gasteiger partial charge in [0.05, 0.1) is 16.9 Å². The third-order valence-electron chi connectivity index (χ3n) is 4.23. The fraction of sp³-hybridized carbons (Fsp3) is 0.250. The smallest absolute Gasteiger partial charge is 0.257 e. The monoisotopic (exact) mass is 372 g/mol. The molecule has 142 valence electrons. The second kappa shape index (κ2) is 8.18. The number of hydrogen-bond donors (Lipinski definition) is 3. The first kappa shape index (κ1) is 18.8. The third kappa shape index (κ3) is 4.43. The maximum atomic E-state index is 14.2. The Hall–Kier alpha value is -2.93. The minimum atomic E-state index is -0.484. The number of carbonyl (C=O) groups excluding carboxylic acids is 1. The number of hydrogen-bond acceptors (Lipinski definition) is 4. The molecule has 2 aromatic carbocycles. The summed E-state index contributed by atoms with van der Waals surface area (Å²) in [5, 5.41) is 8.54. The van der Waals surface area contributed by atoms with Crippen molar-refractivity contribution in [2.24, 2.45) is 0 Å². The number of carbonyl (C=O) groups is 1. The van der Waals surface area contributed by atoms with E-state index < -0.39 is 17.5 Å². The van der Waals surface area contributed by atoms with E-state index in [0.29, 0.717) is 23.6 Å². The van der Waals surface area contributed by atoms with E-state index in [2.05, 4.69) is 20.9 Å². The number of rotatable bonds is 7. The van der Waals surface area contributed by atoms with Crippen LogP contribution in [0.2, 0.25) is 0 Å². The molecule has 0 unspecified atom stereocenters. The number of halogens is 2. The highest BCUT2D eigenvalue weighted by molar-refractivity contribution is 6.31. The van der Waals surface area contributed by atoms with E-state index in [1.807, 2.05) is 14.1 Å². The lowest BCUT2D eigenvalue weighted by molar-refractivity contribution is -0.110. The molecular weight excluding hydrogens is 350 g/mol. The van der Waals surface area contributed by atoms with Crippen molar-refractivity contribution in [3.8, 4) is 0 Å². The molecule has 0 fully saturated rings. The lowest BCUT2D eigenvalue weighted by Gasteiger charge is -2.12. The molecule has 0 aromatic heterocycles. The van der Waals surface area contributed by atoms with Crippen molar-refractivity contribution >= 4 is 28.5 Å². The first-order valence-electron chi connectivity index (χ1n) is 8.71. The Labute approximate surface area is 157 Å². The molecule has 0 saturated carbocycles. The van der Waals surface area contributed by atoms with Crippen LogP contribution in [-0.2, 0) is 4.79 Å². The molecule has 0 aliphatic carbocycles. The molecule has 7 heteroatoms. The van der Waals surface area contributed by atoms with Crippen molar-refractivity contribution < 1.29 is 13.6 Å². The lowest BCUT2D eigenvalue weighted by atomic mass is 10.1. The molecule has 0 bridgehead atoms.